The van der Waals surface area contributed by atoms with Crippen LogP contribution in [0.15, 0.2) is 24.3 Å². The van der Waals surface area contributed by atoms with Gasteiger partial charge in [-0.2, -0.15) is 11.8 Å². The fourth-order valence-corrected chi connectivity index (χ4v) is 2.84. The summed E-state index contributed by atoms with van der Waals surface area (Å²) in [7, 11) is -3.47. The number of thioether (sulfide) groups is 1. The van der Waals surface area contributed by atoms with Gasteiger partial charge in [0.05, 0.1) is 5.75 Å². The summed E-state index contributed by atoms with van der Waals surface area (Å²) in [5.74, 6) is -0.299. The summed E-state index contributed by atoms with van der Waals surface area (Å²) in [5, 5.41) is 2.58. The minimum atomic E-state index is -3.47. The Hall–Kier alpha value is -1.12. The van der Waals surface area contributed by atoms with E-state index in [1.54, 1.807) is 0 Å². The average Bonchev–Trinajstić information content (AvgIpc) is 2.45. The summed E-state index contributed by atoms with van der Waals surface area (Å²) in [6, 6.07) is 4.46. The average molecular weight is 334 g/mol. The van der Waals surface area contributed by atoms with Gasteiger partial charge < -0.3 is 5.32 Å². The summed E-state index contributed by atoms with van der Waals surface area (Å²) in [6.45, 7) is 1.51. The zero-order valence-corrected chi connectivity index (χ0v) is 13.6. The predicted molar refractivity (Wildman–Crippen MR) is 84.4 cm³/mol. The van der Waals surface area contributed by atoms with Gasteiger partial charge in [0.1, 0.15) is 11.9 Å². The smallest absolute Gasteiger partial charge is 0.242 e. The van der Waals surface area contributed by atoms with Crippen molar-refractivity contribution in [1.29, 1.82) is 0 Å². The Bertz CT molecular complexity index is 561. The second-order valence-electron chi connectivity index (χ2n) is 4.35. The summed E-state index contributed by atoms with van der Waals surface area (Å²) >= 11 is 1.52. The minimum absolute atomic E-state index is 0.0907. The molecule has 0 aromatic heterocycles. The second-order valence-corrected chi connectivity index (χ2v) is 7.38. The lowest BCUT2D eigenvalue weighted by Gasteiger charge is -2.17. The van der Waals surface area contributed by atoms with Crippen LogP contribution in [0.1, 0.15) is 13.3 Å². The number of rotatable bonds is 8. The molecule has 0 unspecified atom stereocenters. The van der Waals surface area contributed by atoms with Gasteiger partial charge in [-0.05, 0) is 49.6 Å². The van der Waals surface area contributed by atoms with Gasteiger partial charge in [0, 0.05) is 5.69 Å². The maximum absolute atomic E-state index is 12.8. The fraction of sp³-hybridized carbons (Fsp3) is 0.462. The molecule has 0 aliphatic carbocycles. The first-order valence-electron chi connectivity index (χ1n) is 6.43. The Morgan fingerprint density at radius 2 is 1.95 bits per heavy atom. The van der Waals surface area contributed by atoms with Crippen molar-refractivity contribution in [1.82, 2.24) is 4.72 Å². The molecule has 5 nitrogen and oxygen atoms in total. The number of hydrogen-bond acceptors (Lipinski definition) is 4. The monoisotopic (exact) mass is 334 g/mol. The summed E-state index contributed by atoms with van der Waals surface area (Å²) < 4.78 is 38.4. The van der Waals surface area contributed by atoms with E-state index in [0.717, 1.165) is 0 Å². The van der Waals surface area contributed by atoms with Crippen molar-refractivity contribution >= 4 is 33.4 Å². The van der Waals surface area contributed by atoms with Crippen LogP contribution < -0.4 is 10.0 Å². The van der Waals surface area contributed by atoms with Crippen LogP contribution in [0.2, 0.25) is 0 Å². The molecule has 0 bridgehead atoms. The molecule has 1 aromatic carbocycles. The van der Waals surface area contributed by atoms with Crippen LogP contribution in [0.25, 0.3) is 0 Å². The standard InChI is InChI=1S/C13H19FN2O3S2/c1-3-21(18,19)16-12(8-9-20-2)13(17)15-11-6-4-10(14)5-7-11/h4-7,12,16H,3,8-9H2,1-2H3,(H,15,17)/t12-/m0/s1. The third kappa shape index (κ3) is 6.45. The summed E-state index contributed by atoms with van der Waals surface area (Å²) in [4.78, 5) is 12.2. The van der Waals surface area contributed by atoms with Crippen molar-refractivity contribution in [3.05, 3.63) is 30.1 Å². The zero-order chi connectivity index (χ0) is 15.9. The molecule has 0 aliphatic rings. The van der Waals surface area contributed by atoms with E-state index in [1.165, 1.54) is 43.0 Å². The van der Waals surface area contributed by atoms with E-state index >= 15 is 0 Å². The maximum Gasteiger partial charge on any atom is 0.242 e. The summed E-state index contributed by atoms with van der Waals surface area (Å²) in [5.41, 5.74) is 0.422. The minimum Gasteiger partial charge on any atom is -0.325 e. The molecule has 0 radical (unpaired) electrons. The first kappa shape index (κ1) is 17.9. The molecule has 1 atom stereocenters. The number of halogens is 1. The highest BCUT2D eigenvalue weighted by Crippen LogP contribution is 2.10. The van der Waals surface area contributed by atoms with Crippen molar-refractivity contribution in [3.8, 4) is 0 Å². The van der Waals surface area contributed by atoms with Crippen molar-refractivity contribution in [2.75, 3.05) is 23.1 Å². The van der Waals surface area contributed by atoms with E-state index < -0.39 is 27.8 Å². The molecular formula is C13H19FN2O3S2. The van der Waals surface area contributed by atoms with Gasteiger partial charge in [-0.15, -0.1) is 0 Å². The molecule has 1 rings (SSSR count). The van der Waals surface area contributed by atoms with Gasteiger partial charge in [-0.3, -0.25) is 4.79 Å². The Morgan fingerprint density at radius 3 is 2.48 bits per heavy atom. The second kappa shape index (κ2) is 8.35. The topological polar surface area (TPSA) is 75.3 Å². The predicted octanol–water partition coefficient (Wildman–Crippen LogP) is 1.83. The molecule has 8 heteroatoms. The van der Waals surface area contributed by atoms with Crippen molar-refractivity contribution in [2.45, 2.75) is 19.4 Å². The molecule has 118 valence electrons. The lowest BCUT2D eigenvalue weighted by Crippen LogP contribution is -2.44. The number of nitrogens with one attached hydrogen (secondary N) is 2. The van der Waals surface area contributed by atoms with Crippen LogP contribution >= 0.6 is 11.8 Å². The van der Waals surface area contributed by atoms with Crippen LogP contribution in [0, 0.1) is 5.82 Å². The van der Waals surface area contributed by atoms with Crippen molar-refractivity contribution in [3.63, 3.8) is 0 Å². The largest absolute Gasteiger partial charge is 0.325 e. The molecule has 1 aromatic rings. The number of benzene rings is 1. The van der Waals surface area contributed by atoms with Crippen LogP contribution in [-0.4, -0.2) is 38.1 Å². The first-order valence-corrected chi connectivity index (χ1v) is 9.48. The van der Waals surface area contributed by atoms with Gasteiger partial charge in [0.15, 0.2) is 0 Å². The van der Waals surface area contributed by atoms with Crippen LogP contribution in [-0.2, 0) is 14.8 Å². The van der Waals surface area contributed by atoms with Gasteiger partial charge >= 0.3 is 0 Å². The number of hydrogen-bond donors (Lipinski definition) is 2. The molecule has 0 fully saturated rings. The van der Waals surface area contributed by atoms with Crippen LogP contribution in [0.4, 0.5) is 10.1 Å². The molecule has 0 saturated heterocycles. The van der Waals surface area contributed by atoms with Gasteiger partial charge in [0.2, 0.25) is 15.9 Å². The van der Waals surface area contributed by atoms with Gasteiger partial charge in [-0.25, -0.2) is 17.5 Å². The van der Waals surface area contributed by atoms with E-state index in [2.05, 4.69) is 10.0 Å². The highest BCUT2D eigenvalue weighted by atomic mass is 32.2. The van der Waals surface area contributed by atoms with E-state index in [0.29, 0.717) is 17.9 Å². The van der Waals surface area contributed by atoms with E-state index in [-0.39, 0.29) is 5.75 Å². The SMILES string of the molecule is CCS(=O)(=O)N[C@@H](CCSC)C(=O)Nc1ccc(F)cc1. The quantitative estimate of drug-likeness (QED) is 0.760. The Morgan fingerprint density at radius 1 is 1.33 bits per heavy atom. The van der Waals surface area contributed by atoms with Gasteiger partial charge in [0.25, 0.3) is 0 Å². The zero-order valence-electron chi connectivity index (χ0n) is 11.9. The normalized spacial score (nSPS) is 12.9. The third-order valence-corrected chi connectivity index (χ3v) is 4.79. The Labute approximate surface area is 128 Å². The van der Waals surface area contributed by atoms with E-state index in [4.69, 9.17) is 0 Å². The number of carbonyl (C=O) groups is 1. The number of anilines is 1. The maximum atomic E-state index is 12.8. The first-order chi connectivity index (χ1) is 9.88. The number of amides is 1. The molecule has 0 aliphatic heterocycles. The fourth-order valence-electron chi connectivity index (χ4n) is 1.54. The highest BCUT2D eigenvalue weighted by molar-refractivity contribution is 7.98. The molecule has 1 amide bonds. The molecule has 0 saturated carbocycles. The van der Waals surface area contributed by atoms with Crippen LogP contribution in [0.3, 0.4) is 0 Å². The Kier molecular flexibility index (Phi) is 7.13. The van der Waals surface area contributed by atoms with Crippen LogP contribution in [0.5, 0.6) is 0 Å². The highest BCUT2D eigenvalue weighted by Gasteiger charge is 2.23. The Balaban J connectivity index is 2.77. The van der Waals surface area contributed by atoms with Crippen molar-refractivity contribution in [2.24, 2.45) is 0 Å². The summed E-state index contributed by atoms with van der Waals surface area (Å²) in [6.07, 6.45) is 2.26. The lowest BCUT2D eigenvalue weighted by atomic mass is 10.2. The third-order valence-electron chi connectivity index (χ3n) is 2.74. The van der Waals surface area contributed by atoms with E-state index in [1.807, 2.05) is 6.26 Å². The molecule has 21 heavy (non-hydrogen) atoms. The van der Waals surface area contributed by atoms with Gasteiger partial charge in [-0.1, -0.05) is 0 Å². The van der Waals surface area contributed by atoms with Crippen molar-refractivity contribution < 1.29 is 17.6 Å². The molecule has 2 N–H and O–H groups in total. The molecular weight excluding hydrogens is 315 g/mol. The lowest BCUT2D eigenvalue weighted by molar-refractivity contribution is -0.117. The molecule has 0 heterocycles. The number of sulfonamides is 1. The van der Waals surface area contributed by atoms with E-state index in [9.17, 15) is 17.6 Å². The molecule has 0 spiro atoms. The number of carbonyl (C=O) groups excluding carboxylic acids is 1.